The Morgan fingerprint density at radius 2 is 2.00 bits per heavy atom. The van der Waals surface area contributed by atoms with Gasteiger partial charge in [0.15, 0.2) is 0 Å². The normalized spacial score (nSPS) is 15.2. The molecule has 0 unspecified atom stereocenters. The van der Waals surface area contributed by atoms with Gasteiger partial charge in [-0.3, -0.25) is 0 Å². The Hall–Kier alpha value is -1.19. The minimum absolute atomic E-state index is 0.522. The zero-order chi connectivity index (χ0) is 13.7. The third kappa shape index (κ3) is 3.93. The highest BCUT2D eigenvalue weighted by molar-refractivity contribution is 7.89. The van der Waals surface area contributed by atoms with Gasteiger partial charge in [0.05, 0.1) is 16.9 Å². The molecule has 1 aromatic rings. The van der Waals surface area contributed by atoms with Crippen molar-refractivity contribution >= 4 is 10.8 Å². The van der Waals surface area contributed by atoms with Crippen molar-refractivity contribution in [1.82, 2.24) is 0 Å². The number of hydrogen-bond donors (Lipinski definition) is 1. The number of rotatable bonds is 5. The average molecular weight is 264 g/mol. The fraction of sp³-hybridized carbons (Fsp3) is 0.333. The molecule has 3 heteroatoms. The Morgan fingerprint density at radius 3 is 2.44 bits per heavy atom. The number of benzene rings is 1. The Morgan fingerprint density at radius 1 is 1.44 bits per heavy atom. The maximum atomic E-state index is 12.4. The van der Waals surface area contributed by atoms with E-state index in [0.717, 1.165) is 11.1 Å². The van der Waals surface area contributed by atoms with Crippen molar-refractivity contribution in [2.75, 3.05) is 0 Å². The van der Waals surface area contributed by atoms with Crippen LogP contribution >= 0.6 is 0 Å². The van der Waals surface area contributed by atoms with Gasteiger partial charge in [0, 0.05) is 9.80 Å². The van der Waals surface area contributed by atoms with Gasteiger partial charge in [0.2, 0.25) is 0 Å². The number of hydrogen-bond acceptors (Lipinski definition) is 2. The zero-order valence-electron chi connectivity index (χ0n) is 11.1. The molecule has 0 aliphatic rings. The minimum Gasteiger partial charge on any atom is -0.388 e. The van der Waals surface area contributed by atoms with E-state index in [1.165, 1.54) is 0 Å². The molecule has 0 amide bonds. The van der Waals surface area contributed by atoms with E-state index in [1.807, 2.05) is 45.0 Å². The molecule has 0 aromatic heterocycles. The van der Waals surface area contributed by atoms with Crippen molar-refractivity contribution in [3.63, 3.8) is 0 Å². The molecule has 0 heterocycles. The van der Waals surface area contributed by atoms with Crippen molar-refractivity contribution in [1.29, 1.82) is 0 Å². The topological polar surface area (TPSA) is 37.3 Å². The molecule has 1 rings (SSSR count). The largest absolute Gasteiger partial charge is 0.388 e. The fourth-order valence-corrected chi connectivity index (χ4v) is 2.89. The molecule has 0 aliphatic carbocycles. The fourth-order valence-electron chi connectivity index (χ4n) is 1.52. The Balaban J connectivity index is 3.10. The Labute approximate surface area is 112 Å². The zero-order valence-corrected chi connectivity index (χ0v) is 12.0. The standard InChI is InChI=1S/C15H20O2S/c1-5-14(16)15(10-11(2)3)18(17)13-8-6-12(4)7-9-13/h6-10,14,16H,2,5H2,1,3-4H3/b15-10+/t14-,18-/m0/s1. The SMILES string of the molecule is C=C(C)/C=C(\[C@@H](O)CC)[S@@](=O)c1ccc(C)cc1. The lowest BCUT2D eigenvalue weighted by Gasteiger charge is -2.13. The molecular formula is C15H20O2S. The first-order valence-electron chi connectivity index (χ1n) is 5.99. The molecule has 1 N–H and O–H groups in total. The lowest BCUT2D eigenvalue weighted by molar-refractivity contribution is 0.214. The number of allylic oxidation sites excluding steroid dienone is 2. The Kier molecular flexibility index (Phi) is 5.51. The quantitative estimate of drug-likeness (QED) is 0.828. The number of aliphatic hydroxyl groups excluding tert-OH is 1. The molecule has 2 nitrogen and oxygen atoms in total. The molecule has 98 valence electrons. The number of aliphatic hydroxyl groups is 1. The van der Waals surface area contributed by atoms with Gasteiger partial charge in [-0.1, -0.05) is 36.8 Å². The molecule has 0 fully saturated rings. The van der Waals surface area contributed by atoms with Crippen LogP contribution in [0.5, 0.6) is 0 Å². The van der Waals surface area contributed by atoms with Crippen molar-refractivity contribution in [2.24, 2.45) is 0 Å². The van der Waals surface area contributed by atoms with E-state index in [4.69, 9.17) is 0 Å². The minimum atomic E-state index is -1.33. The highest BCUT2D eigenvalue weighted by Gasteiger charge is 2.17. The van der Waals surface area contributed by atoms with Crippen molar-refractivity contribution < 1.29 is 9.32 Å². The Bertz CT molecular complexity index is 472. The van der Waals surface area contributed by atoms with Crippen molar-refractivity contribution in [3.8, 4) is 0 Å². The van der Waals surface area contributed by atoms with E-state index in [9.17, 15) is 9.32 Å². The van der Waals surface area contributed by atoms with Crippen LogP contribution in [0.15, 0.2) is 52.3 Å². The number of aryl methyl sites for hydroxylation is 1. The summed E-state index contributed by atoms with van der Waals surface area (Å²) in [5, 5.41) is 9.95. The average Bonchev–Trinajstić information content (AvgIpc) is 2.35. The van der Waals surface area contributed by atoms with Crippen LogP contribution in [-0.2, 0) is 10.8 Å². The van der Waals surface area contributed by atoms with E-state index in [1.54, 1.807) is 6.08 Å². The summed E-state index contributed by atoms with van der Waals surface area (Å²) in [6.45, 7) is 9.46. The van der Waals surface area contributed by atoms with Crippen LogP contribution in [0.3, 0.4) is 0 Å². The predicted octanol–water partition coefficient (Wildman–Crippen LogP) is 3.33. The first-order valence-corrected chi connectivity index (χ1v) is 7.14. The summed E-state index contributed by atoms with van der Waals surface area (Å²) in [5.74, 6) is 0. The van der Waals surface area contributed by atoms with E-state index in [2.05, 4.69) is 6.58 Å². The van der Waals surface area contributed by atoms with E-state index in [0.29, 0.717) is 16.2 Å². The second-order valence-electron chi connectivity index (χ2n) is 4.40. The first kappa shape index (κ1) is 14.9. The van der Waals surface area contributed by atoms with Crippen LogP contribution in [-0.4, -0.2) is 15.4 Å². The molecule has 1 aromatic carbocycles. The van der Waals surface area contributed by atoms with Crippen LogP contribution in [0, 0.1) is 6.92 Å². The monoisotopic (exact) mass is 264 g/mol. The first-order chi connectivity index (χ1) is 8.45. The van der Waals surface area contributed by atoms with Gasteiger partial charge >= 0.3 is 0 Å². The van der Waals surface area contributed by atoms with Gasteiger partial charge in [-0.2, -0.15) is 0 Å². The highest BCUT2D eigenvalue weighted by atomic mass is 32.2. The third-order valence-electron chi connectivity index (χ3n) is 2.55. The summed E-state index contributed by atoms with van der Waals surface area (Å²) in [5.41, 5.74) is 1.91. The van der Waals surface area contributed by atoms with Gasteiger partial charge in [0.25, 0.3) is 0 Å². The van der Waals surface area contributed by atoms with Gasteiger partial charge in [-0.05, 0) is 38.5 Å². The molecule has 2 atom stereocenters. The van der Waals surface area contributed by atoms with E-state index >= 15 is 0 Å². The molecule has 0 spiro atoms. The van der Waals surface area contributed by atoms with Gasteiger partial charge < -0.3 is 5.11 Å². The molecule has 0 saturated heterocycles. The highest BCUT2D eigenvalue weighted by Crippen LogP contribution is 2.21. The summed E-state index contributed by atoms with van der Waals surface area (Å²) in [6.07, 6.45) is 1.56. The van der Waals surface area contributed by atoms with Crippen LogP contribution < -0.4 is 0 Å². The van der Waals surface area contributed by atoms with Crippen LogP contribution in [0.2, 0.25) is 0 Å². The van der Waals surface area contributed by atoms with E-state index in [-0.39, 0.29) is 0 Å². The lowest BCUT2D eigenvalue weighted by Crippen LogP contribution is -2.13. The van der Waals surface area contributed by atoms with Crippen LogP contribution in [0.1, 0.15) is 25.8 Å². The smallest absolute Gasteiger partial charge is 0.0874 e. The molecule has 0 radical (unpaired) electrons. The van der Waals surface area contributed by atoms with Crippen LogP contribution in [0.4, 0.5) is 0 Å². The molecule has 18 heavy (non-hydrogen) atoms. The molecular weight excluding hydrogens is 244 g/mol. The maximum Gasteiger partial charge on any atom is 0.0874 e. The van der Waals surface area contributed by atoms with E-state index < -0.39 is 16.9 Å². The third-order valence-corrected chi connectivity index (χ3v) is 4.07. The van der Waals surface area contributed by atoms with Gasteiger partial charge in [0.1, 0.15) is 0 Å². The van der Waals surface area contributed by atoms with Gasteiger partial charge in [-0.25, -0.2) is 4.21 Å². The summed E-state index contributed by atoms with van der Waals surface area (Å²) in [4.78, 5) is 1.23. The molecule has 0 bridgehead atoms. The van der Waals surface area contributed by atoms with Crippen LogP contribution in [0.25, 0.3) is 0 Å². The molecule has 0 saturated carbocycles. The lowest BCUT2D eigenvalue weighted by atomic mass is 10.2. The second-order valence-corrected chi connectivity index (χ2v) is 5.88. The van der Waals surface area contributed by atoms with Crippen molar-refractivity contribution in [3.05, 3.63) is 53.0 Å². The summed E-state index contributed by atoms with van der Waals surface area (Å²) >= 11 is 0. The molecule has 0 aliphatic heterocycles. The van der Waals surface area contributed by atoms with Gasteiger partial charge in [-0.15, -0.1) is 0 Å². The summed E-state index contributed by atoms with van der Waals surface area (Å²) in [7, 11) is -1.33. The summed E-state index contributed by atoms with van der Waals surface area (Å²) in [6, 6.07) is 7.51. The maximum absolute atomic E-state index is 12.4. The second kappa shape index (κ2) is 6.66. The summed E-state index contributed by atoms with van der Waals surface area (Å²) < 4.78 is 12.4. The predicted molar refractivity (Wildman–Crippen MR) is 76.8 cm³/mol. The van der Waals surface area contributed by atoms with Crippen molar-refractivity contribution in [2.45, 2.75) is 38.2 Å².